The first-order chi connectivity index (χ1) is 45.0. The molecule has 0 spiro atoms. The molecule has 0 amide bonds. The third-order valence-electron chi connectivity index (χ3n) is 20.7. The Morgan fingerprint density at radius 1 is 0.293 bits per heavy atom. The Labute approximate surface area is 543 Å². The van der Waals surface area contributed by atoms with Crippen molar-refractivity contribution in [2.75, 3.05) is 9.80 Å². The molecule has 2 heteroatoms. The second-order valence-electron chi connectivity index (χ2n) is 27.4. The highest BCUT2D eigenvalue weighted by molar-refractivity contribution is 6.12. The first kappa shape index (κ1) is 56.7. The lowest BCUT2D eigenvalue weighted by Crippen LogP contribution is -2.62. The maximum absolute atomic E-state index is 2.74. The zero-order valence-corrected chi connectivity index (χ0v) is 53.2. The highest BCUT2D eigenvalue weighted by Gasteiger charge is 2.72. The van der Waals surface area contributed by atoms with Crippen LogP contribution in [0.3, 0.4) is 0 Å². The molecule has 4 atom stereocenters. The van der Waals surface area contributed by atoms with E-state index in [0.29, 0.717) is 0 Å². The van der Waals surface area contributed by atoms with Gasteiger partial charge in [-0.3, -0.25) is 0 Å². The Kier molecular flexibility index (Phi) is 13.6. The zero-order valence-electron chi connectivity index (χ0n) is 53.2. The van der Waals surface area contributed by atoms with Crippen LogP contribution in [0.25, 0.3) is 72.0 Å². The Balaban J connectivity index is 1.06. The van der Waals surface area contributed by atoms with Crippen LogP contribution in [0.5, 0.6) is 0 Å². The van der Waals surface area contributed by atoms with Crippen molar-refractivity contribution in [2.24, 2.45) is 22.7 Å². The molecule has 0 heterocycles. The number of para-hydroxylation sites is 4. The fourth-order valence-electron chi connectivity index (χ4n) is 17.5. The Bertz CT molecular complexity index is 4790. The topological polar surface area (TPSA) is 6.48 Å². The number of nitrogens with zero attached hydrogens (tertiary/aromatic N) is 2. The van der Waals surface area contributed by atoms with Crippen molar-refractivity contribution in [3.8, 4) is 55.6 Å². The molecular formula is C90H74N2. The van der Waals surface area contributed by atoms with Gasteiger partial charge >= 0.3 is 0 Å². The van der Waals surface area contributed by atoms with E-state index in [2.05, 4.69) is 379 Å². The summed E-state index contributed by atoms with van der Waals surface area (Å²) < 4.78 is 0. The van der Waals surface area contributed by atoms with Crippen LogP contribution in [0, 0.1) is 22.7 Å². The van der Waals surface area contributed by atoms with Gasteiger partial charge in [-0.05, 0) is 119 Å². The molecule has 16 rings (SSSR count). The summed E-state index contributed by atoms with van der Waals surface area (Å²) in [4.78, 5) is 5.29. The van der Waals surface area contributed by atoms with Gasteiger partial charge in [-0.1, -0.05) is 333 Å². The number of benzene rings is 12. The van der Waals surface area contributed by atoms with Gasteiger partial charge in [0.2, 0.25) is 0 Å². The summed E-state index contributed by atoms with van der Waals surface area (Å²) in [5.74, 6) is -0.0298. The molecule has 0 fully saturated rings. The summed E-state index contributed by atoms with van der Waals surface area (Å²) in [7, 11) is 0. The van der Waals surface area contributed by atoms with E-state index in [1.54, 1.807) is 0 Å². The van der Waals surface area contributed by atoms with Crippen LogP contribution in [-0.2, 0) is 10.8 Å². The molecule has 0 N–H and O–H groups in total. The maximum Gasteiger partial charge on any atom is 0.0544 e. The second kappa shape index (κ2) is 22.1. The molecule has 12 aromatic rings. The molecule has 0 aromatic heterocycles. The molecule has 2 nitrogen and oxygen atoms in total. The van der Waals surface area contributed by atoms with E-state index in [9.17, 15) is 0 Å². The monoisotopic (exact) mass is 1180 g/mol. The van der Waals surface area contributed by atoms with E-state index in [4.69, 9.17) is 0 Å². The van der Waals surface area contributed by atoms with E-state index in [0.717, 1.165) is 50.7 Å². The summed E-state index contributed by atoms with van der Waals surface area (Å²) in [6, 6.07) is 112. The standard InChI is InChI=1S/C90H74N2/c1-87(2,3)89(75-53-29-23-51-73(75)85-71-49-21-19-47-69(71)83(59-77(85)89)91(79-55-31-25-43-65(79)61-35-11-7-12-36-61)80-56-32-26-44-66(80)62-37-13-8-14-38-62)90(88(4,5)6)76-54-30-24-52-74(76)86-72-50-22-20-48-70(72)84(60-78(86)90)92(81-57-33-27-45-67(81)63-39-15-9-16-40-63)82-58-34-28-46-68(82)64-41-17-10-18-42-64/h7-60,69,71H,1-6H3. The highest BCUT2D eigenvalue weighted by Crippen LogP contribution is 2.77. The average Bonchev–Trinajstić information content (AvgIpc) is 1.44. The number of rotatable bonds is 11. The Hall–Kier alpha value is -10.5. The number of allylic oxidation sites excluding steroid dienone is 7. The van der Waals surface area contributed by atoms with E-state index in [-0.39, 0.29) is 11.8 Å². The van der Waals surface area contributed by atoms with Gasteiger partial charge in [0.05, 0.1) is 28.4 Å². The largest absolute Gasteiger partial charge is 0.312 e. The first-order valence-corrected chi connectivity index (χ1v) is 32.8. The molecular weight excluding hydrogens is 1110 g/mol. The molecule has 444 valence electrons. The molecule has 0 aliphatic heterocycles. The molecule has 0 saturated heterocycles. The molecule has 4 unspecified atom stereocenters. The number of fused-ring (bicyclic) bond motifs is 9. The number of hydrogen-bond donors (Lipinski definition) is 0. The van der Waals surface area contributed by atoms with Crippen molar-refractivity contribution in [1.82, 2.24) is 0 Å². The van der Waals surface area contributed by atoms with Gasteiger partial charge in [0, 0.05) is 56.0 Å². The smallest absolute Gasteiger partial charge is 0.0544 e. The van der Waals surface area contributed by atoms with Crippen molar-refractivity contribution >= 4 is 44.8 Å². The van der Waals surface area contributed by atoms with Crippen LogP contribution in [0.1, 0.15) is 63.8 Å². The average molecular weight is 1180 g/mol. The van der Waals surface area contributed by atoms with Crippen LogP contribution < -0.4 is 9.80 Å². The normalized spacial score (nSPS) is 18.6. The second-order valence-corrected chi connectivity index (χ2v) is 27.4. The third kappa shape index (κ3) is 8.46. The lowest BCUT2D eigenvalue weighted by atomic mass is 9.39. The van der Waals surface area contributed by atoms with Crippen molar-refractivity contribution in [2.45, 2.75) is 52.4 Å². The van der Waals surface area contributed by atoms with E-state index < -0.39 is 21.7 Å². The lowest BCUT2D eigenvalue weighted by molar-refractivity contribution is 0.0577. The van der Waals surface area contributed by atoms with E-state index >= 15 is 0 Å². The molecule has 12 aromatic carbocycles. The summed E-state index contributed by atoms with van der Waals surface area (Å²) in [6.07, 6.45) is 12.4. The fourth-order valence-corrected chi connectivity index (χ4v) is 17.5. The SMILES string of the molecule is CC(C)(C)C1(C2(C(C)(C)C)c3ccccc3-c3c2cc(N(c2ccccc2-c2ccccc2)c2ccccc2-c2ccccc2)c2ccccc32)C2=C(c3ccccc31)C1C=CC=CC1C(N(c1ccccc1-c1ccccc1)c1ccccc1-c1ccccc1)=C2. The molecule has 0 saturated carbocycles. The first-order valence-electron chi connectivity index (χ1n) is 32.8. The van der Waals surface area contributed by atoms with Gasteiger partial charge in [0.15, 0.2) is 0 Å². The van der Waals surface area contributed by atoms with Crippen LogP contribution in [0.15, 0.2) is 339 Å². The van der Waals surface area contributed by atoms with E-state index in [1.165, 1.54) is 83.3 Å². The summed E-state index contributed by atoms with van der Waals surface area (Å²) in [5, 5.41) is 2.43. The summed E-state index contributed by atoms with van der Waals surface area (Å²) >= 11 is 0. The predicted octanol–water partition coefficient (Wildman–Crippen LogP) is 24.1. The van der Waals surface area contributed by atoms with Gasteiger partial charge in [0.1, 0.15) is 0 Å². The minimum atomic E-state index is -0.753. The fraction of sp³-hybridized carbons (Fsp3) is 0.133. The minimum Gasteiger partial charge on any atom is -0.312 e. The zero-order chi connectivity index (χ0) is 62.3. The van der Waals surface area contributed by atoms with Gasteiger partial charge in [0.25, 0.3) is 0 Å². The number of anilines is 5. The van der Waals surface area contributed by atoms with Gasteiger partial charge in [-0.2, -0.15) is 0 Å². The van der Waals surface area contributed by atoms with Crippen molar-refractivity contribution in [3.05, 3.63) is 361 Å². The van der Waals surface area contributed by atoms with Gasteiger partial charge in [-0.25, -0.2) is 0 Å². The van der Waals surface area contributed by atoms with E-state index in [1.807, 2.05) is 0 Å². The van der Waals surface area contributed by atoms with Crippen LogP contribution in [0.2, 0.25) is 0 Å². The molecule has 4 aliphatic rings. The Morgan fingerprint density at radius 3 is 1.09 bits per heavy atom. The van der Waals surface area contributed by atoms with Crippen molar-refractivity contribution < 1.29 is 0 Å². The molecule has 4 aliphatic carbocycles. The summed E-state index contributed by atoms with van der Waals surface area (Å²) in [5.41, 5.74) is 24.7. The maximum atomic E-state index is 2.74. The third-order valence-corrected chi connectivity index (χ3v) is 20.7. The van der Waals surface area contributed by atoms with Crippen molar-refractivity contribution in [1.29, 1.82) is 0 Å². The van der Waals surface area contributed by atoms with Gasteiger partial charge < -0.3 is 9.80 Å². The van der Waals surface area contributed by atoms with Crippen LogP contribution >= 0.6 is 0 Å². The quantitative estimate of drug-likeness (QED) is 0.127. The lowest BCUT2D eigenvalue weighted by Gasteiger charge is -2.63. The molecule has 0 bridgehead atoms. The van der Waals surface area contributed by atoms with Crippen molar-refractivity contribution in [3.63, 3.8) is 0 Å². The summed E-state index contributed by atoms with van der Waals surface area (Å²) in [6.45, 7) is 15.4. The van der Waals surface area contributed by atoms with Crippen LogP contribution in [-0.4, -0.2) is 0 Å². The number of hydrogen-bond acceptors (Lipinski definition) is 2. The van der Waals surface area contributed by atoms with Crippen LogP contribution in [0.4, 0.5) is 28.4 Å². The predicted molar refractivity (Wildman–Crippen MR) is 389 cm³/mol. The molecule has 92 heavy (non-hydrogen) atoms. The van der Waals surface area contributed by atoms with Gasteiger partial charge in [-0.15, -0.1) is 0 Å². The molecule has 0 radical (unpaired) electrons. The minimum absolute atomic E-state index is 0.00424. The highest BCUT2D eigenvalue weighted by atomic mass is 15.2. The Morgan fingerprint density at radius 2 is 0.641 bits per heavy atom.